The van der Waals surface area contributed by atoms with Crippen LogP contribution in [0.15, 0.2) is 47.4 Å². The molecule has 0 radical (unpaired) electrons. The Labute approximate surface area is 156 Å². The van der Waals surface area contributed by atoms with Gasteiger partial charge < -0.3 is 15.0 Å². The molecule has 0 saturated heterocycles. The molecule has 0 fully saturated rings. The number of thiocyanates is 1. The van der Waals surface area contributed by atoms with Crippen LogP contribution in [-0.4, -0.2) is 32.6 Å². The summed E-state index contributed by atoms with van der Waals surface area (Å²) >= 11 is 1.05. The summed E-state index contributed by atoms with van der Waals surface area (Å²) < 4.78 is 5.05. The van der Waals surface area contributed by atoms with E-state index >= 15 is 0 Å². The van der Waals surface area contributed by atoms with Crippen molar-refractivity contribution in [3.8, 4) is 5.40 Å². The molecule has 0 aliphatic rings. The van der Waals surface area contributed by atoms with Crippen molar-refractivity contribution in [1.82, 2.24) is 0 Å². The Kier molecular flexibility index (Phi) is 6.64. The average Bonchev–Trinajstić information content (AvgIpc) is 2.62. The summed E-state index contributed by atoms with van der Waals surface area (Å²) in [7, 11) is 3.82. The smallest absolute Gasteiger partial charge is 0.338 e. The van der Waals surface area contributed by atoms with Gasteiger partial charge in [-0.15, -0.1) is 0 Å². The number of rotatable bonds is 6. The van der Waals surface area contributed by atoms with Crippen molar-refractivity contribution in [3.05, 3.63) is 53.6 Å². The minimum absolute atomic E-state index is 0.373. The van der Waals surface area contributed by atoms with Gasteiger partial charge in [0.15, 0.2) is 6.61 Å². The number of thioether (sulfide) groups is 1. The molecule has 0 saturated carbocycles. The largest absolute Gasteiger partial charge is 0.452 e. The van der Waals surface area contributed by atoms with Gasteiger partial charge in [0, 0.05) is 30.4 Å². The van der Waals surface area contributed by atoms with Gasteiger partial charge in [0.1, 0.15) is 5.40 Å². The highest BCUT2D eigenvalue weighted by molar-refractivity contribution is 8.03. The van der Waals surface area contributed by atoms with Crippen LogP contribution < -0.4 is 10.2 Å². The molecule has 26 heavy (non-hydrogen) atoms. The van der Waals surface area contributed by atoms with Crippen molar-refractivity contribution in [2.24, 2.45) is 0 Å². The lowest BCUT2D eigenvalue weighted by atomic mass is 10.2. The molecule has 2 aromatic carbocycles. The number of hydrogen-bond donors (Lipinski definition) is 1. The molecule has 2 aromatic rings. The predicted molar refractivity (Wildman–Crippen MR) is 102 cm³/mol. The number of nitriles is 1. The Hall–Kier alpha value is -2.98. The second-order valence-corrected chi connectivity index (χ2v) is 6.59. The second kappa shape index (κ2) is 8.92. The second-order valence-electron chi connectivity index (χ2n) is 5.74. The molecule has 0 unspecified atom stereocenters. The van der Waals surface area contributed by atoms with Crippen molar-refractivity contribution >= 4 is 35.0 Å². The fourth-order valence-electron chi connectivity index (χ4n) is 2.19. The summed E-state index contributed by atoms with van der Waals surface area (Å²) in [6, 6.07) is 12.2. The van der Waals surface area contributed by atoms with Crippen molar-refractivity contribution in [2.75, 3.05) is 30.9 Å². The van der Waals surface area contributed by atoms with Gasteiger partial charge in [-0.05, 0) is 66.7 Å². The number of esters is 1. The zero-order chi connectivity index (χ0) is 19.1. The van der Waals surface area contributed by atoms with Crippen molar-refractivity contribution < 1.29 is 14.3 Å². The lowest BCUT2D eigenvalue weighted by molar-refractivity contribution is -0.119. The van der Waals surface area contributed by atoms with E-state index in [2.05, 4.69) is 5.32 Å². The highest BCUT2D eigenvalue weighted by atomic mass is 32.2. The van der Waals surface area contributed by atoms with E-state index in [1.807, 2.05) is 37.4 Å². The van der Waals surface area contributed by atoms with Gasteiger partial charge in [-0.25, -0.2) is 4.79 Å². The summed E-state index contributed by atoms with van der Waals surface area (Å²) in [6.07, 6.45) is 0. The molecule has 0 spiro atoms. The quantitative estimate of drug-likeness (QED) is 0.477. The van der Waals surface area contributed by atoms with Crippen LogP contribution in [0.25, 0.3) is 0 Å². The molecule has 0 aliphatic carbocycles. The Balaban J connectivity index is 1.90. The fourth-order valence-corrected chi connectivity index (χ4v) is 2.67. The first-order valence-electron chi connectivity index (χ1n) is 7.81. The fraction of sp³-hybridized carbons (Fsp3) is 0.211. The van der Waals surface area contributed by atoms with Crippen LogP contribution in [0.2, 0.25) is 0 Å². The van der Waals surface area contributed by atoms with Gasteiger partial charge in [0.2, 0.25) is 0 Å². The van der Waals surface area contributed by atoms with E-state index in [-0.39, 0.29) is 6.61 Å². The topological polar surface area (TPSA) is 82.4 Å². The van der Waals surface area contributed by atoms with Crippen molar-refractivity contribution in [3.63, 3.8) is 0 Å². The number of aryl methyl sites for hydroxylation is 1. The van der Waals surface area contributed by atoms with Gasteiger partial charge in [-0.2, -0.15) is 5.26 Å². The van der Waals surface area contributed by atoms with E-state index in [1.165, 1.54) is 0 Å². The van der Waals surface area contributed by atoms with Gasteiger partial charge in [-0.3, -0.25) is 4.79 Å². The molecule has 6 nitrogen and oxygen atoms in total. The van der Waals surface area contributed by atoms with E-state index < -0.39 is 11.9 Å². The minimum Gasteiger partial charge on any atom is -0.452 e. The van der Waals surface area contributed by atoms with Crippen LogP contribution in [0, 0.1) is 17.6 Å². The zero-order valence-electron chi connectivity index (χ0n) is 14.8. The monoisotopic (exact) mass is 369 g/mol. The van der Waals surface area contributed by atoms with Crippen LogP contribution in [0.4, 0.5) is 11.4 Å². The van der Waals surface area contributed by atoms with Crippen molar-refractivity contribution in [1.29, 1.82) is 5.26 Å². The number of carbonyl (C=O) groups is 2. The van der Waals surface area contributed by atoms with Gasteiger partial charge in [0.25, 0.3) is 5.91 Å². The third-order valence-corrected chi connectivity index (χ3v) is 4.17. The maximum absolute atomic E-state index is 12.0. The summed E-state index contributed by atoms with van der Waals surface area (Å²) in [5, 5.41) is 13.4. The SMILES string of the molecule is Cc1cc(SC#N)ccc1NC(=O)COC(=O)c1ccc(N(C)C)cc1. The van der Waals surface area contributed by atoms with E-state index in [9.17, 15) is 9.59 Å². The first-order valence-corrected chi connectivity index (χ1v) is 8.63. The van der Waals surface area contributed by atoms with Crippen LogP contribution >= 0.6 is 11.8 Å². The Morgan fingerprint density at radius 3 is 2.46 bits per heavy atom. The average molecular weight is 369 g/mol. The van der Waals surface area contributed by atoms with E-state index in [0.29, 0.717) is 11.3 Å². The number of amides is 1. The lowest BCUT2D eigenvalue weighted by Crippen LogP contribution is -2.21. The molecule has 1 N–H and O–H groups in total. The number of benzene rings is 2. The maximum Gasteiger partial charge on any atom is 0.338 e. The summed E-state index contributed by atoms with van der Waals surface area (Å²) in [4.78, 5) is 26.7. The van der Waals surface area contributed by atoms with Gasteiger partial charge in [0.05, 0.1) is 5.56 Å². The third kappa shape index (κ3) is 5.26. The number of nitrogens with one attached hydrogen (secondary N) is 1. The maximum atomic E-state index is 12.0. The number of nitrogens with zero attached hydrogens (tertiary/aromatic N) is 2. The standard InChI is InChI=1S/C19H19N3O3S/c1-13-10-16(26-12-20)8-9-17(13)21-18(23)11-25-19(24)14-4-6-15(7-5-14)22(2)3/h4-10H,11H2,1-3H3,(H,21,23). The molecule has 2 rings (SSSR count). The molecule has 0 heterocycles. The Morgan fingerprint density at radius 2 is 1.88 bits per heavy atom. The molecular formula is C19H19N3O3S. The third-order valence-electron chi connectivity index (χ3n) is 3.59. The summed E-state index contributed by atoms with van der Waals surface area (Å²) in [5.41, 5.74) is 2.79. The lowest BCUT2D eigenvalue weighted by Gasteiger charge is -2.12. The van der Waals surface area contributed by atoms with Crippen molar-refractivity contribution in [2.45, 2.75) is 11.8 Å². The van der Waals surface area contributed by atoms with Crippen LogP contribution in [0.5, 0.6) is 0 Å². The summed E-state index contributed by atoms with van der Waals surface area (Å²) in [5.74, 6) is -0.977. The number of carbonyl (C=O) groups excluding carboxylic acids is 2. The molecule has 0 aromatic heterocycles. The predicted octanol–water partition coefficient (Wildman–Crippen LogP) is 3.43. The van der Waals surface area contributed by atoms with E-state index in [0.717, 1.165) is 27.9 Å². The molecule has 0 aliphatic heterocycles. The molecule has 1 amide bonds. The number of ether oxygens (including phenoxy) is 1. The van der Waals surface area contributed by atoms with E-state index in [1.54, 1.807) is 36.4 Å². The van der Waals surface area contributed by atoms with Crippen LogP contribution in [-0.2, 0) is 9.53 Å². The molecule has 0 atom stereocenters. The van der Waals surface area contributed by atoms with Gasteiger partial charge in [-0.1, -0.05) is 0 Å². The van der Waals surface area contributed by atoms with Crippen LogP contribution in [0.1, 0.15) is 15.9 Å². The number of hydrogen-bond acceptors (Lipinski definition) is 6. The van der Waals surface area contributed by atoms with E-state index in [4.69, 9.17) is 10.00 Å². The Morgan fingerprint density at radius 1 is 1.19 bits per heavy atom. The van der Waals surface area contributed by atoms with Crippen LogP contribution in [0.3, 0.4) is 0 Å². The minimum atomic E-state index is -0.553. The normalized spacial score (nSPS) is 9.92. The molecule has 0 bridgehead atoms. The number of anilines is 2. The highest BCUT2D eigenvalue weighted by Crippen LogP contribution is 2.23. The zero-order valence-corrected chi connectivity index (χ0v) is 15.6. The Bertz CT molecular complexity index is 842. The first-order chi connectivity index (χ1) is 12.4. The molecule has 134 valence electrons. The summed E-state index contributed by atoms with van der Waals surface area (Å²) in [6.45, 7) is 1.46. The molecular weight excluding hydrogens is 350 g/mol. The first kappa shape index (κ1) is 19.3. The van der Waals surface area contributed by atoms with Gasteiger partial charge >= 0.3 is 5.97 Å². The molecule has 7 heteroatoms. The highest BCUT2D eigenvalue weighted by Gasteiger charge is 2.11.